The second-order valence-electron chi connectivity index (χ2n) is 7.21. The maximum absolute atomic E-state index is 13.2. The molecule has 0 bridgehead atoms. The lowest BCUT2D eigenvalue weighted by Gasteiger charge is -2.23. The molecule has 4 aromatic rings. The van der Waals surface area contributed by atoms with Crippen LogP contribution in [0.1, 0.15) is 17.3 Å². The van der Waals surface area contributed by atoms with Gasteiger partial charge in [-0.3, -0.25) is 4.79 Å². The number of carbonyl (C=O) groups excluding carboxylic acids is 2. The average Bonchev–Trinajstić information content (AvgIpc) is 2.81. The molecule has 0 aliphatic heterocycles. The molecule has 160 valence electrons. The van der Waals surface area contributed by atoms with E-state index in [-0.39, 0.29) is 11.9 Å². The highest BCUT2D eigenvalue weighted by molar-refractivity contribution is 6.30. The summed E-state index contributed by atoms with van der Waals surface area (Å²) in [7, 11) is 0. The van der Waals surface area contributed by atoms with Gasteiger partial charge < -0.3 is 15.5 Å². The van der Waals surface area contributed by atoms with Gasteiger partial charge in [-0.2, -0.15) is 0 Å². The van der Waals surface area contributed by atoms with Gasteiger partial charge in [-0.25, -0.2) is 4.79 Å². The fraction of sp³-hybridized carbons (Fsp3) is 0.0769. The molecule has 0 aliphatic rings. The quantitative estimate of drug-likeness (QED) is 0.356. The lowest BCUT2D eigenvalue weighted by Crippen LogP contribution is -2.30. The third kappa shape index (κ3) is 4.74. The summed E-state index contributed by atoms with van der Waals surface area (Å²) in [6.07, 6.45) is 0. The van der Waals surface area contributed by atoms with Crippen LogP contribution in [0.15, 0.2) is 91.0 Å². The number of nitrogens with zero attached hydrogens (tertiary/aromatic N) is 1. The minimum absolute atomic E-state index is 0.0963. The molecular formula is C26H22ClN3O2. The first kappa shape index (κ1) is 21.4. The number of rotatable bonds is 5. The first-order chi connectivity index (χ1) is 15.5. The van der Waals surface area contributed by atoms with Crippen molar-refractivity contribution in [1.29, 1.82) is 0 Å². The van der Waals surface area contributed by atoms with E-state index in [2.05, 4.69) is 10.6 Å². The lowest BCUT2D eigenvalue weighted by molar-refractivity contribution is 0.0988. The van der Waals surface area contributed by atoms with Crippen molar-refractivity contribution in [3.63, 3.8) is 0 Å². The Balaban J connectivity index is 1.48. The van der Waals surface area contributed by atoms with Gasteiger partial charge in [0.1, 0.15) is 0 Å². The predicted molar refractivity (Wildman–Crippen MR) is 132 cm³/mol. The molecule has 0 saturated carbocycles. The highest BCUT2D eigenvalue weighted by atomic mass is 35.5. The van der Waals surface area contributed by atoms with Crippen LogP contribution >= 0.6 is 11.6 Å². The molecule has 2 N–H and O–H groups in total. The third-order valence-corrected chi connectivity index (χ3v) is 5.36. The maximum Gasteiger partial charge on any atom is 0.323 e. The van der Waals surface area contributed by atoms with E-state index in [1.54, 1.807) is 53.4 Å². The lowest BCUT2D eigenvalue weighted by atomic mass is 10.1. The van der Waals surface area contributed by atoms with Crippen molar-refractivity contribution in [1.82, 2.24) is 0 Å². The molecule has 4 rings (SSSR count). The van der Waals surface area contributed by atoms with Crippen molar-refractivity contribution in [3.8, 4) is 0 Å². The summed E-state index contributed by atoms with van der Waals surface area (Å²) in [6.45, 7) is 2.49. The molecule has 4 aromatic carbocycles. The zero-order valence-corrected chi connectivity index (χ0v) is 18.3. The fourth-order valence-electron chi connectivity index (χ4n) is 3.55. The van der Waals surface area contributed by atoms with Crippen LogP contribution in [-0.2, 0) is 0 Å². The number of carbonyl (C=O) groups is 2. The third-order valence-electron chi connectivity index (χ3n) is 5.11. The van der Waals surface area contributed by atoms with Crippen LogP contribution in [0.4, 0.5) is 21.9 Å². The van der Waals surface area contributed by atoms with Crippen molar-refractivity contribution >= 4 is 51.4 Å². The Labute approximate surface area is 191 Å². The number of hydrogen-bond acceptors (Lipinski definition) is 2. The predicted octanol–water partition coefficient (Wildman–Crippen LogP) is 6.80. The first-order valence-electron chi connectivity index (χ1n) is 10.3. The van der Waals surface area contributed by atoms with Crippen LogP contribution in [0.2, 0.25) is 5.02 Å². The van der Waals surface area contributed by atoms with E-state index in [0.29, 0.717) is 28.5 Å². The second kappa shape index (κ2) is 9.54. The van der Waals surface area contributed by atoms with Crippen molar-refractivity contribution in [2.24, 2.45) is 0 Å². The molecule has 0 spiro atoms. The van der Waals surface area contributed by atoms with E-state index >= 15 is 0 Å². The monoisotopic (exact) mass is 443 g/mol. The number of fused-ring (bicyclic) bond motifs is 1. The largest absolute Gasteiger partial charge is 0.323 e. The molecule has 3 amide bonds. The zero-order chi connectivity index (χ0) is 22.5. The van der Waals surface area contributed by atoms with E-state index in [9.17, 15) is 9.59 Å². The van der Waals surface area contributed by atoms with Gasteiger partial charge in [0, 0.05) is 33.9 Å². The van der Waals surface area contributed by atoms with Crippen molar-refractivity contribution < 1.29 is 9.59 Å². The first-order valence-corrected chi connectivity index (χ1v) is 10.7. The molecule has 0 fully saturated rings. The number of amides is 3. The Morgan fingerprint density at radius 2 is 1.38 bits per heavy atom. The highest BCUT2D eigenvalue weighted by Crippen LogP contribution is 2.28. The highest BCUT2D eigenvalue weighted by Gasteiger charge is 2.18. The summed E-state index contributed by atoms with van der Waals surface area (Å²) in [4.78, 5) is 27.2. The Bertz CT molecular complexity index is 1250. The Kier molecular flexibility index (Phi) is 6.38. The molecule has 0 aliphatic carbocycles. The van der Waals surface area contributed by atoms with E-state index in [0.717, 1.165) is 16.5 Å². The summed E-state index contributed by atoms with van der Waals surface area (Å²) in [5.41, 5.74) is 2.64. The van der Waals surface area contributed by atoms with Crippen LogP contribution in [0, 0.1) is 0 Å². The molecular weight excluding hydrogens is 422 g/mol. The minimum atomic E-state index is -0.377. The number of anilines is 3. The van der Waals surface area contributed by atoms with E-state index in [1.165, 1.54) is 0 Å². The van der Waals surface area contributed by atoms with Crippen molar-refractivity contribution in [2.75, 3.05) is 22.1 Å². The SMILES string of the molecule is CCN(C(=O)c1ccc(NC(=O)Nc2ccc(Cl)cc2)cc1)c1cccc2ccccc12. The fourth-order valence-corrected chi connectivity index (χ4v) is 3.67. The van der Waals surface area contributed by atoms with Gasteiger partial charge in [0.25, 0.3) is 5.91 Å². The average molecular weight is 444 g/mol. The second-order valence-corrected chi connectivity index (χ2v) is 7.65. The van der Waals surface area contributed by atoms with Crippen LogP contribution in [-0.4, -0.2) is 18.5 Å². The van der Waals surface area contributed by atoms with E-state index < -0.39 is 0 Å². The van der Waals surface area contributed by atoms with Crippen LogP contribution in [0.3, 0.4) is 0 Å². The summed E-state index contributed by atoms with van der Waals surface area (Å²) in [6, 6.07) is 27.3. The molecule has 0 heterocycles. The summed E-state index contributed by atoms with van der Waals surface area (Å²) >= 11 is 5.86. The molecule has 5 nitrogen and oxygen atoms in total. The molecule has 0 unspecified atom stereocenters. The molecule has 0 aromatic heterocycles. The van der Waals surface area contributed by atoms with Crippen LogP contribution in [0.25, 0.3) is 10.8 Å². The summed E-state index contributed by atoms with van der Waals surface area (Å²) in [5, 5.41) is 8.21. The topological polar surface area (TPSA) is 61.4 Å². The van der Waals surface area contributed by atoms with Crippen LogP contribution < -0.4 is 15.5 Å². The van der Waals surface area contributed by atoms with Crippen LogP contribution in [0.5, 0.6) is 0 Å². The Morgan fingerprint density at radius 3 is 2.03 bits per heavy atom. The summed E-state index contributed by atoms with van der Waals surface area (Å²) < 4.78 is 0. The van der Waals surface area contributed by atoms with E-state index in [4.69, 9.17) is 11.6 Å². The Morgan fingerprint density at radius 1 is 0.781 bits per heavy atom. The molecule has 0 radical (unpaired) electrons. The van der Waals surface area contributed by atoms with Gasteiger partial charge >= 0.3 is 6.03 Å². The standard InChI is InChI=1S/C26H22ClN3O2/c1-2-30(24-9-5-7-18-6-3-4-8-23(18)24)25(31)19-10-14-21(15-11-19)28-26(32)29-22-16-12-20(27)13-17-22/h3-17H,2H2,1H3,(H2,28,29,32). The maximum atomic E-state index is 13.2. The summed E-state index contributed by atoms with van der Waals surface area (Å²) in [5.74, 6) is -0.0963. The molecule has 0 saturated heterocycles. The number of benzene rings is 4. The van der Waals surface area contributed by atoms with Gasteiger partial charge in [0.2, 0.25) is 0 Å². The van der Waals surface area contributed by atoms with Gasteiger partial charge in [-0.1, -0.05) is 48.0 Å². The molecule has 0 atom stereocenters. The number of hydrogen-bond donors (Lipinski definition) is 2. The van der Waals surface area contributed by atoms with Gasteiger partial charge in [-0.15, -0.1) is 0 Å². The zero-order valence-electron chi connectivity index (χ0n) is 17.5. The number of halogens is 1. The van der Waals surface area contributed by atoms with Crippen molar-refractivity contribution in [2.45, 2.75) is 6.92 Å². The van der Waals surface area contributed by atoms with Crippen molar-refractivity contribution in [3.05, 3.63) is 102 Å². The molecule has 32 heavy (non-hydrogen) atoms. The van der Waals surface area contributed by atoms with Gasteiger partial charge in [0.15, 0.2) is 0 Å². The number of nitrogens with one attached hydrogen (secondary N) is 2. The van der Waals surface area contributed by atoms with Gasteiger partial charge in [0.05, 0.1) is 5.69 Å². The van der Waals surface area contributed by atoms with Gasteiger partial charge in [-0.05, 0) is 66.9 Å². The smallest absolute Gasteiger partial charge is 0.308 e. The Hall–Kier alpha value is -3.83. The minimum Gasteiger partial charge on any atom is -0.308 e. The molecule has 6 heteroatoms. The van der Waals surface area contributed by atoms with E-state index in [1.807, 2.05) is 49.4 Å². The normalized spacial score (nSPS) is 10.6. The number of urea groups is 1.